The molecule has 2 amide bonds. The van der Waals surface area contributed by atoms with Gasteiger partial charge in [-0.05, 0) is 61.1 Å². The Hall–Kier alpha value is -3.98. The summed E-state index contributed by atoms with van der Waals surface area (Å²) in [6, 6.07) is 15.3. The quantitative estimate of drug-likeness (QED) is 0.356. The van der Waals surface area contributed by atoms with Gasteiger partial charge >= 0.3 is 0 Å². The Morgan fingerprint density at radius 3 is 2.58 bits per heavy atom. The summed E-state index contributed by atoms with van der Waals surface area (Å²) in [5, 5.41) is 6.78. The highest BCUT2D eigenvalue weighted by Crippen LogP contribution is 2.33. The second kappa shape index (κ2) is 11.6. The van der Waals surface area contributed by atoms with Crippen LogP contribution in [0, 0.1) is 5.92 Å². The lowest BCUT2D eigenvalue weighted by Gasteiger charge is -2.31. The van der Waals surface area contributed by atoms with Gasteiger partial charge in [-0.2, -0.15) is 4.98 Å². The van der Waals surface area contributed by atoms with Crippen LogP contribution in [0.1, 0.15) is 54.4 Å². The summed E-state index contributed by atoms with van der Waals surface area (Å²) in [6.07, 6.45) is 7.47. The lowest BCUT2D eigenvalue weighted by molar-refractivity contribution is -0.122. The number of nitrogens with one attached hydrogen (secondary N) is 2. The van der Waals surface area contributed by atoms with Crippen LogP contribution < -0.4 is 22.1 Å². The number of nitrogens with zero attached hydrogens (tertiary/aromatic N) is 3. The molecular weight excluding hydrogens is 478 g/mol. The van der Waals surface area contributed by atoms with E-state index in [-0.39, 0.29) is 23.8 Å². The van der Waals surface area contributed by atoms with Crippen molar-refractivity contribution in [1.29, 1.82) is 0 Å². The standard InChI is InChI=1S/C29H35N7O2/c30-17-19-7-5-8-20(15-19)24-18-32-29(35-27(24)34-25-12-2-1-11-23(25)26(31)37)33-22-10-6-9-21(16-22)28(38)36-13-3-4-14-36/h5-10,15-16,18,23,25H,1-4,11-14,17,30H2,(H2,31,37)(H2,32,33,34,35). The molecule has 0 radical (unpaired) electrons. The number of carbonyl (C=O) groups excluding carboxylic acids is 2. The predicted molar refractivity (Wildman–Crippen MR) is 149 cm³/mol. The fourth-order valence-electron chi connectivity index (χ4n) is 5.41. The van der Waals surface area contributed by atoms with Crippen LogP contribution in [0.4, 0.5) is 17.5 Å². The first-order chi connectivity index (χ1) is 18.5. The molecule has 1 aliphatic carbocycles. The number of hydrogen-bond donors (Lipinski definition) is 4. The zero-order valence-electron chi connectivity index (χ0n) is 21.5. The summed E-state index contributed by atoms with van der Waals surface area (Å²) in [6.45, 7) is 2.03. The van der Waals surface area contributed by atoms with E-state index in [1.807, 2.05) is 53.4 Å². The molecule has 5 rings (SSSR count). The van der Waals surface area contributed by atoms with Crippen molar-refractivity contribution in [2.75, 3.05) is 23.7 Å². The Balaban J connectivity index is 1.45. The van der Waals surface area contributed by atoms with Crippen LogP contribution in [0.25, 0.3) is 11.1 Å². The zero-order valence-corrected chi connectivity index (χ0v) is 21.5. The van der Waals surface area contributed by atoms with E-state index in [4.69, 9.17) is 16.5 Å². The van der Waals surface area contributed by atoms with E-state index in [9.17, 15) is 9.59 Å². The van der Waals surface area contributed by atoms with Crippen molar-refractivity contribution in [3.05, 3.63) is 65.9 Å². The number of aromatic nitrogens is 2. The van der Waals surface area contributed by atoms with Crippen molar-refractivity contribution in [3.8, 4) is 11.1 Å². The van der Waals surface area contributed by atoms with Crippen molar-refractivity contribution < 1.29 is 9.59 Å². The van der Waals surface area contributed by atoms with Crippen LogP contribution in [0.3, 0.4) is 0 Å². The minimum atomic E-state index is -0.291. The molecule has 9 nitrogen and oxygen atoms in total. The maximum Gasteiger partial charge on any atom is 0.253 e. The van der Waals surface area contributed by atoms with E-state index < -0.39 is 0 Å². The molecule has 2 aromatic carbocycles. The maximum atomic E-state index is 12.9. The van der Waals surface area contributed by atoms with Gasteiger partial charge in [0.2, 0.25) is 11.9 Å². The Morgan fingerprint density at radius 2 is 1.79 bits per heavy atom. The summed E-state index contributed by atoms with van der Waals surface area (Å²) in [4.78, 5) is 36.4. The van der Waals surface area contributed by atoms with E-state index >= 15 is 0 Å². The van der Waals surface area contributed by atoms with Gasteiger partial charge in [0.1, 0.15) is 5.82 Å². The van der Waals surface area contributed by atoms with Crippen molar-refractivity contribution in [1.82, 2.24) is 14.9 Å². The highest BCUT2D eigenvalue weighted by molar-refractivity contribution is 5.95. The van der Waals surface area contributed by atoms with Crippen LogP contribution in [0.15, 0.2) is 54.7 Å². The van der Waals surface area contributed by atoms with Gasteiger partial charge in [0.05, 0.1) is 5.92 Å². The van der Waals surface area contributed by atoms with E-state index in [2.05, 4.69) is 15.6 Å². The largest absolute Gasteiger partial charge is 0.369 e. The second-order valence-electron chi connectivity index (χ2n) is 10.1. The summed E-state index contributed by atoms with van der Waals surface area (Å²) in [7, 11) is 0. The molecule has 3 aromatic rings. The molecular formula is C29H35N7O2. The molecule has 1 saturated heterocycles. The van der Waals surface area contributed by atoms with Crippen molar-refractivity contribution in [3.63, 3.8) is 0 Å². The summed E-state index contributed by atoms with van der Waals surface area (Å²) in [5.41, 5.74) is 15.7. The third-order valence-electron chi connectivity index (χ3n) is 7.47. The normalized spacial score (nSPS) is 19.2. The van der Waals surface area contributed by atoms with Gasteiger partial charge < -0.3 is 27.0 Å². The molecule has 1 aromatic heterocycles. The summed E-state index contributed by atoms with van der Waals surface area (Å²) < 4.78 is 0. The molecule has 6 N–H and O–H groups in total. The van der Waals surface area contributed by atoms with Crippen LogP contribution in [-0.4, -0.2) is 45.8 Å². The molecule has 198 valence electrons. The highest BCUT2D eigenvalue weighted by Gasteiger charge is 2.30. The smallest absolute Gasteiger partial charge is 0.253 e. The molecule has 2 fully saturated rings. The molecule has 2 unspecified atom stereocenters. The average molecular weight is 514 g/mol. The summed E-state index contributed by atoms with van der Waals surface area (Å²) >= 11 is 0. The molecule has 9 heteroatoms. The van der Waals surface area contributed by atoms with Crippen molar-refractivity contribution in [2.24, 2.45) is 17.4 Å². The predicted octanol–water partition coefficient (Wildman–Crippen LogP) is 4.04. The van der Waals surface area contributed by atoms with Crippen molar-refractivity contribution >= 4 is 29.3 Å². The lowest BCUT2D eigenvalue weighted by Crippen LogP contribution is -2.40. The van der Waals surface area contributed by atoms with Gasteiger partial charge in [-0.1, -0.05) is 37.1 Å². The number of rotatable bonds is 8. The number of likely N-dealkylation sites (tertiary alicyclic amines) is 1. The van der Waals surface area contributed by atoms with E-state index in [0.29, 0.717) is 23.9 Å². The number of primary amides is 1. The Morgan fingerprint density at radius 1 is 1.00 bits per heavy atom. The minimum Gasteiger partial charge on any atom is -0.369 e. The van der Waals surface area contributed by atoms with E-state index in [0.717, 1.165) is 74.0 Å². The minimum absolute atomic E-state index is 0.0411. The Labute approximate surface area is 223 Å². The van der Waals surface area contributed by atoms with Crippen molar-refractivity contribution in [2.45, 2.75) is 51.1 Å². The van der Waals surface area contributed by atoms with Gasteiger partial charge in [-0.15, -0.1) is 0 Å². The second-order valence-corrected chi connectivity index (χ2v) is 10.1. The fraction of sp³-hybridized carbons (Fsp3) is 0.379. The average Bonchev–Trinajstić information content (AvgIpc) is 3.48. The van der Waals surface area contributed by atoms with Crippen LogP contribution >= 0.6 is 0 Å². The molecule has 38 heavy (non-hydrogen) atoms. The zero-order chi connectivity index (χ0) is 26.5. The number of benzene rings is 2. The molecule has 0 bridgehead atoms. The van der Waals surface area contributed by atoms with E-state index in [1.165, 1.54) is 0 Å². The van der Waals surface area contributed by atoms with Crippen LogP contribution in [0.5, 0.6) is 0 Å². The van der Waals surface area contributed by atoms with Gasteiger partial charge in [-0.25, -0.2) is 4.98 Å². The fourth-order valence-corrected chi connectivity index (χ4v) is 5.41. The third-order valence-corrected chi connectivity index (χ3v) is 7.47. The number of amides is 2. The van der Waals surface area contributed by atoms with Gasteiger partial charge in [0.25, 0.3) is 5.91 Å². The number of anilines is 3. The van der Waals surface area contributed by atoms with Crippen LogP contribution in [0.2, 0.25) is 0 Å². The molecule has 2 aliphatic rings. The number of hydrogen-bond acceptors (Lipinski definition) is 7. The van der Waals surface area contributed by atoms with E-state index in [1.54, 1.807) is 6.20 Å². The monoisotopic (exact) mass is 513 g/mol. The third kappa shape index (κ3) is 5.78. The number of nitrogens with two attached hydrogens (primary N) is 2. The van der Waals surface area contributed by atoms with Crippen LogP contribution in [-0.2, 0) is 11.3 Å². The van der Waals surface area contributed by atoms with Gasteiger partial charge in [0.15, 0.2) is 0 Å². The molecule has 2 atom stereocenters. The Kier molecular flexibility index (Phi) is 7.83. The lowest BCUT2D eigenvalue weighted by atomic mass is 9.84. The Bertz CT molecular complexity index is 1310. The molecule has 0 spiro atoms. The topological polar surface area (TPSA) is 139 Å². The highest BCUT2D eigenvalue weighted by atomic mass is 16.2. The SMILES string of the molecule is NCc1cccc(-c2cnc(Nc3cccc(C(=O)N4CCCC4)c3)nc2NC2CCCCC2C(N)=O)c1. The first-order valence-electron chi connectivity index (χ1n) is 13.4. The summed E-state index contributed by atoms with van der Waals surface area (Å²) in [5.74, 6) is 0.509. The maximum absolute atomic E-state index is 12.9. The molecule has 2 heterocycles. The number of carbonyl (C=O) groups is 2. The van der Waals surface area contributed by atoms with Gasteiger partial charge in [0, 0.05) is 48.7 Å². The van der Waals surface area contributed by atoms with Gasteiger partial charge in [-0.3, -0.25) is 9.59 Å². The first kappa shape index (κ1) is 25.7. The molecule has 1 saturated carbocycles. The molecule has 1 aliphatic heterocycles. The first-order valence-corrected chi connectivity index (χ1v) is 13.4.